The summed E-state index contributed by atoms with van der Waals surface area (Å²) in [4.78, 5) is 37.7. The summed E-state index contributed by atoms with van der Waals surface area (Å²) < 4.78 is 0. The van der Waals surface area contributed by atoms with E-state index in [-0.39, 0.29) is 5.91 Å². The van der Waals surface area contributed by atoms with Crippen LogP contribution in [-0.4, -0.2) is 29.4 Å². The molecule has 2 aromatic rings. The fraction of sp³-hybridized carbons (Fsp3) is 0.286. The summed E-state index contributed by atoms with van der Waals surface area (Å²) in [6, 6.07) is 11.0. The Balaban J connectivity index is 1.78. The molecule has 3 rings (SSSR count). The number of rotatable bonds is 5. The number of carbonyl (C=O) groups is 3. The highest BCUT2D eigenvalue weighted by atomic mass is 16.4. The standard InChI is InChI=1S/C21H22N2O4/c1-13-10-14(2)12-16(11-13)19(21(26)27)22-20(25)15-5-7-17(8-6-15)23-9-3-4-18(23)24/h5-8,10-12,19H,3-4,9H2,1-2H3,(H,22,25)(H,26,27). The molecule has 1 unspecified atom stereocenters. The van der Waals surface area contributed by atoms with Crippen LogP contribution >= 0.6 is 0 Å². The minimum absolute atomic E-state index is 0.0768. The Morgan fingerprint density at radius 3 is 2.22 bits per heavy atom. The Kier molecular flexibility index (Phi) is 5.26. The quantitative estimate of drug-likeness (QED) is 0.852. The molecule has 6 nitrogen and oxygen atoms in total. The van der Waals surface area contributed by atoms with Crippen molar-refractivity contribution in [3.8, 4) is 0 Å². The van der Waals surface area contributed by atoms with Gasteiger partial charge in [0.15, 0.2) is 6.04 Å². The fourth-order valence-electron chi connectivity index (χ4n) is 3.39. The highest BCUT2D eigenvalue weighted by Crippen LogP contribution is 2.22. The summed E-state index contributed by atoms with van der Waals surface area (Å²) in [7, 11) is 0. The number of nitrogens with zero attached hydrogens (tertiary/aromatic N) is 1. The van der Waals surface area contributed by atoms with Gasteiger partial charge in [0, 0.05) is 24.2 Å². The number of carbonyl (C=O) groups excluding carboxylic acids is 2. The van der Waals surface area contributed by atoms with Gasteiger partial charge in [-0.1, -0.05) is 29.3 Å². The first-order valence-corrected chi connectivity index (χ1v) is 8.87. The highest BCUT2D eigenvalue weighted by Gasteiger charge is 2.24. The van der Waals surface area contributed by atoms with Gasteiger partial charge in [0.1, 0.15) is 0 Å². The molecular weight excluding hydrogens is 344 g/mol. The zero-order chi connectivity index (χ0) is 19.6. The smallest absolute Gasteiger partial charge is 0.330 e. The molecule has 0 spiro atoms. The van der Waals surface area contributed by atoms with Crippen molar-refractivity contribution >= 4 is 23.5 Å². The minimum atomic E-state index is -1.13. The second-order valence-electron chi connectivity index (χ2n) is 6.86. The van der Waals surface area contributed by atoms with E-state index in [1.807, 2.05) is 19.9 Å². The van der Waals surface area contributed by atoms with Crippen LogP contribution in [0.3, 0.4) is 0 Å². The van der Waals surface area contributed by atoms with Gasteiger partial charge >= 0.3 is 5.97 Å². The first-order chi connectivity index (χ1) is 12.8. The number of carboxylic acids is 1. The van der Waals surface area contributed by atoms with Crippen LogP contribution in [0.1, 0.15) is 45.9 Å². The average Bonchev–Trinajstić information content (AvgIpc) is 3.04. The molecule has 1 saturated heterocycles. The summed E-state index contributed by atoms with van der Waals surface area (Å²) in [5, 5.41) is 12.1. The maximum atomic E-state index is 12.5. The van der Waals surface area contributed by atoms with Crippen molar-refractivity contribution < 1.29 is 19.5 Å². The van der Waals surface area contributed by atoms with Crippen LogP contribution in [0.15, 0.2) is 42.5 Å². The van der Waals surface area contributed by atoms with E-state index in [1.54, 1.807) is 41.3 Å². The molecule has 1 heterocycles. The molecule has 0 radical (unpaired) electrons. The number of hydrogen-bond acceptors (Lipinski definition) is 3. The van der Waals surface area contributed by atoms with E-state index in [1.165, 1.54) is 0 Å². The van der Waals surface area contributed by atoms with Gasteiger partial charge in [-0.15, -0.1) is 0 Å². The molecule has 1 fully saturated rings. The number of benzene rings is 2. The van der Waals surface area contributed by atoms with E-state index in [9.17, 15) is 19.5 Å². The van der Waals surface area contributed by atoms with Crippen LogP contribution in [0.4, 0.5) is 5.69 Å². The molecule has 0 saturated carbocycles. The zero-order valence-corrected chi connectivity index (χ0v) is 15.4. The molecule has 1 aliphatic heterocycles. The minimum Gasteiger partial charge on any atom is -0.479 e. The zero-order valence-electron chi connectivity index (χ0n) is 15.4. The van der Waals surface area contributed by atoms with Crippen molar-refractivity contribution in [1.29, 1.82) is 0 Å². The van der Waals surface area contributed by atoms with Crippen molar-refractivity contribution in [1.82, 2.24) is 5.32 Å². The molecule has 0 bridgehead atoms. The second-order valence-corrected chi connectivity index (χ2v) is 6.86. The summed E-state index contributed by atoms with van der Waals surface area (Å²) in [5.41, 5.74) is 3.50. The molecule has 2 N–H and O–H groups in total. The summed E-state index contributed by atoms with van der Waals surface area (Å²) in [6.07, 6.45) is 1.37. The number of carboxylic acid groups (broad SMARTS) is 1. The molecule has 2 amide bonds. The van der Waals surface area contributed by atoms with E-state index in [0.717, 1.165) is 23.2 Å². The lowest BCUT2D eigenvalue weighted by Gasteiger charge is -2.18. The predicted molar refractivity (Wildman–Crippen MR) is 102 cm³/mol. The monoisotopic (exact) mass is 366 g/mol. The van der Waals surface area contributed by atoms with Crippen molar-refractivity contribution in [3.05, 3.63) is 64.7 Å². The van der Waals surface area contributed by atoms with Gasteiger partial charge in [0.2, 0.25) is 5.91 Å². The van der Waals surface area contributed by atoms with Crippen molar-refractivity contribution in [2.75, 3.05) is 11.4 Å². The van der Waals surface area contributed by atoms with Gasteiger partial charge in [-0.2, -0.15) is 0 Å². The van der Waals surface area contributed by atoms with Crippen LogP contribution in [0, 0.1) is 13.8 Å². The van der Waals surface area contributed by atoms with Crippen molar-refractivity contribution in [2.45, 2.75) is 32.7 Å². The highest BCUT2D eigenvalue weighted by molar-refractivity contribution is 5.98. The number of aliphatic carboxylic acids is 1. The molecular formula is C21H22N2O4. The van der Waals surface area contributed by atoms with Gasteiger partial charge in [-0.25, -0.2) is 4.79 Å². The van der Waals surface area contributed by atoms with Crippen LogP contribution in [0.2, 0.25) is 0 Å². The Bertz CT molecular complexity index is 869. The average molecular weight is 366 g/mol. The molecule has 27 heavy (non-hydrogen) atoms. The predicted octanol–water partition coefficient (Wildman–Crippen LogP) is 2.99. The Morgan fingerprint density at radius 1 is 1.07 bits per heavy atom. The van der Waals surface area contributed by atoms with Gasteiger partial charge in [0.05, 0.1) is 0 Å². The lowest BCUT2D eigenvalue weighted by atomic mass is 10.0. The SMILES string of the molecule is Cc1cc(C)cc(C(NC(=O)c2ccc(N3CCCC3=O)cc2)C(=O)O)c1. The van der Waals surface area contributed by atoms with E-state index < -0.39 is 17.9 Å². The Hall–Kier alpha value is -3.15. The number of aryl methyl sites for hydroxylation is 2. The molecule has 140 valence electrons. The van der Waals surface area contributed by atoms with E-state index in [2.05, 4.69) is 5.32 Å². The van der Waals surface area contributed by atoms with Crippen LogP contribution < -0.4 is 10.2 Å². The lowest BCUT2D eigenvalue weighted by molar-refractivity contribution is -0.139. The summed E-state index contributed by atoms with van der Waals surface area (Å²) in [5.74, 6) is -1.51. The maximum Gasteiger partial charge on any atom is 0.330 e. The molecule has 6 heteroatoms. The van der Waals surface area contributed by atoms with Crippen LogP contribution in [-0.2, 0) is 9.59 Å². The molecule has 1 atom stereocenters. The van der Waals surface area contributed by atoms with Crippen LogP contribution in [0.25, 0.3) is 0 Å². The summed E-state index contributed by atoms with van der Waals surface area (Å²) >= 11 is 0. The summed E-state index contributed by atoms with van der Waals surface area (Å²) in [6.45, 7) is 4.45. The number of amides is 2. The first kappa shape index (κ1) is 18.6. The third-order valence-corrected chi connectivity index (χ3v) is 4.61. The van der Waals surface area contributed by atoms with Gasteiger partial charge in [0.25, 0.3) is 5.91 Å². The number of anilines is 1. The molecule has 0 aliphatic carbocycles. The topological polar surface area (TPSA) is 86.7 Å². The molecule has 1 aliphatic rings. The maximum absolute atomic E-state index is 12.5. The van der Waals surface area contributed by atoms with Gasteiger partial charge < -0.3 is 15.3 Å². The first-order valence-electron chi connectivity index (χ1n) is 8.87. The number of hydrogen-bond donors (Lipinski definition) is 2. The largest absolute Gasteiger partial charge is 0.479 e. The van der Waals surface area contributed by atoms with Crippen LogP contribution in [0.5, 0.6) is 0 Å². The lowest BCUT2D eigenvalue weighted by Crippen LogP contribution is -2.34. The van der Waals surface area contributed by atoms with E-state index in [0.29, 0.717) is 24.1 Å². The van der Waals surface area contributed by atoms with E-state index >= 15 is 0 Å². The second kappa shape index (κ2) is 7.61. The van der Waals surface area contributed by atoms with Gasteiger partial charge in [-0.3, -0.25) is 9.59 Å². The molecule has 0 aromatic heterocycles. The van der Waals surface area contributed by atoms with Crippen molar-refractivity contribution in [3.63, 3.8) is 0 Å². The van der Waals surface area contributed by atoms with Crippen molar-refractivity contribution in [2.24, 2.45) is 0 Å². The normalized spacial score (nSPS) is 14.9. The molecule has 2 aromatic carbocycles. The third-order valence-electron chi connectivity index (χ3n) is 4.61. The number of nitrogens with one attached hydrogen (secondary N) is 1. The van der Waals surface area contributed by atoms with Gasteiger partial charge in [-0.05, 0) is 50.1 Å². The fourth-order valence-corrected chi connectivity index (χ4v) is 3.39. The Labute approximate surface area is 157 Å². The third kappa shape index (κ3) is 4.16. The Morgan fingerprint density at radius 2 is 1.70 bits per heavy atom. The van der Waals surface area contributed by atoms with E-state index in [4.69, 9.17) is 0 Å².